The number of hydrogen-bond donors (Lipinski definition) is 0. The van der Waals surface area contributed by atoms with Gasteiger partial charge in [-0.25, -0.2) is 8.42 Å². The van der Waals surface area contributed by atoms with Gasteiger partial charge in [-0.3, -0.25) is 4.79 Å². The van der Waals surface area contributed by atoms with Gasteiger partial charge in [0, 0.05) is 32.2 Å². The quantitative estimate of drug-likeness (QED) is 0.798. The van der Waals surface area contributed by atoms with Crippen LogP contribution in [0.5, 0.6) is 0 Å². The summed E-state index contributed by atoms with van der Waals surface area (Å²) < 4.78 is 37.1. The van der Waals surface area contributed by atoms with Crippen molar-refractivity contribution >= 4 is 15.9 Å². The fourth-order valence-electron chi connectivity index (χ4n) is 2.93. The van der Waals surface area contributed by atoms with Crippen molar-refractivity contribution in [3.63, 3.8) is 0 Å². The topological polar surface area (TPSA) is 110 Å². The summed E-state index contributed by atoms with van der Waals surface area (Å²) in [5.74, 6) is 0.156. The maximum Gasteiger partial charge on any atom is 0.292 e. The molecule has 0 saturated carbocycles. The molecule has 1 saturated heterocycles. The van der Waals surface area contributed by atoms with Crippen LogP contribution in [0.25, 0.3) is 0 Å². The van der Waals surface area contributed by atoms with Gasteiger partial charge in [-0.05, 0) is 27.2 Å². The Labute approximate surface area is 145 Å². The molecule has 0 spiro atoms. The molecule has 3 rings (SSSR count). The van der Waals surface area contributed by atoms with Crippen LogP contribution in [0.2, 0.25) is 0 Å². The van der Waals surface area contributed by atoms with Crippen LogP contribution in [0.15, 0.2) is 20.0 Å². The van der Waals surface area contributed by atoms with E-state index in [0.717, 1.165) is 0 Å². The minimum absolute atomic E-state index is 0.109. The van der Waals surface area contributed by atoms with Crippen molar-refractivity contribution in [1.82, 2.24) is 19.5 Å². The van der Waals surface area contributed by atoms with E-state index < -0.39 is 10.0 Å². The predicted octanol–water partition coefficient (Wildman–Crippen LogP) is 1.12. The molecule has 0 N–H and O–H groups in total. The second-order valence-electron chi connectivity index (χ2n) is 6.04. The molecule has 1 aliphatic rings. The fourth-order valence-corrected chi connectivity index (χ4v) is 4.69. The van der Waals surface area contributed by atoms with Gasteiger partial charge in [0.2, 0.25) is 15.8 Å². The zero-order valence-corrected chi connectivity index (χ0v) is 15.2. The van der Waals surface area contributed by atoms with Gasteiger partial charge in [0.05, 0.1) is 5.69 Å². The normalized spacial score (nSPS) is 16.8. The molecular weight excluding hydrogens is 348 g/mol. The van der Waals surface area contributed by atoms with E-state index in [1.807, 2.05) is 0 Å². The zero-order valence-electron chi connectivity index (χ0n) is 14.4. The van der Waals surface area contributed by atoms with E-state index in [2.05, 4.69) is 10.3 Å². The lowest BCUT2D eigenvalue weighted by atomic mass is 10.3. The fraction of sp³-hybridized carbons (Fsp3) is 0.533. The first-order chi connectivity index (χ1) is 11.8. The lowest BCUT2D eigenvalue weighted by Gasteiger charge is -2.21. The Balaban J connectivity index is 1.76. The molecule has 9 nitrogen and oxygen atoms in total. The molecule has 0 aliphatic carbocycles. The molecule has 2 aromatic rings. The molecule has 10 heteroatoms. The number of carbonyl (C=O) groups is 1. The number of aryl methyl sites for hydroxylation is 3. The number of aromatic nitrogens is 2. The lowest BCUT2D eigenvalue weighted by Crippen LogP contribution is -2.37. The highest BCUT2D eigenvalue weighted by Gasteiger charge is 2.33. The standard InChI is InChI=1S/C15H20N4O5S/c1-10-9-13(24-16-10)15(20)18-5-4-6-19(8-7-18)25(21,22)14-11(2)17-23-12(14)3/h9H,4-8H2,1-3H3. The number of carbonyl (C=O) groups excluding carboxylic acids is 1. The minimum Gasteiger partial charge on any atom is -0.360 e. The molecule has 0 radical (unpaired) electrons. The smallest absolute Gasteiger partial charge is 0.292 e. The van der Waals surface area contributed by atoms with E-state index in [1.165, 1.54) is 4.31 Å². The third kappa shape index (κ3) is 3.31. The van der Waals surface area contributed by atoms with Crippen molar-refractivity contribution in [3.8, 4) is 0 Å². The van der Waals surface area contributed by atoms with Crippen LogP contribution >= 0.6 is 0 Å². The first-order valence-corrected chi connectivity index (χ1v) is 9.40. The largest absolute Gasteiger partial charge is 0.360 e. The highest BCUT2D eigenvalue weighted by molar-refractivity contribution is 7.89. The SMILES string of the molecule is Cc1cc(C(=O)N2CCCN(S(=O)(=O)c3c(C)noc3C)CC2)on1. The van der Waals surface area contributed by atoms with Crippen LogP contribution in [-0.2, 0) is 10.0 Å². The third-order valence-electron chi connectivity index (χ3n) is 4.15. The molecule has 2 aromatic heterocycles. The van der Waals surface area contributed by atoms with Crippen LogP contribution in [0.1, 0.15) is 34.1 Å². The van der Waals surface area contributed by atoms with Gasteiger partial charge in [0.1, 0.15) is 10.6 Å². The summed E-state index contributed by atoms with van der Waals surface area (Å²) >= 11 is 0. The van der Waals surface area contributed by atoms with Crippen LogP contribution < -0.4 is 0 Å². The maximum atomic E-state index is 12.9. The van der Waals surface area contributed by atoms with E-state index >= 15 is 0 Å². The van der Waals surface area contributed by atoms with E-state index in [4.69, 9.17) is 9.05 Å². The molecule has 0 unspecified atom stereocenters. The van der Waals surface area contributed by atoms with Crippen LogP contribution in [0.4, 0.5) is 0 Å². The average Bonchev–Trinajstić information content (AvgIpc) is 3.03. The lowest BCUT2D eigenvalue weighted by molar-refractivity contribution is 0.0722. The monoisotopic (exact) mass is 368 g/mol. The van der Waals surface area contributed by atoms with Crippen LogP contribution in [0, 0.1) is 20.8 Å². The summed E-state index contributed by atoms with van der Waals surface area (Å²) in [6.07, 6.45) is 0.529. The Morgan fingerprint density at radius 1 is 1.08 bits per heavy atom. The summed E-state index contributed by atoms with van der Waals surface area (Å²) in [6, 6.07) is 1.57. The predicted molar refractivity (Wildman–Crippen MR) is 86.5 cm³/mol. The van der Waals surface area contributed by atoms with Crippen molar-refractivity contribution in [1.29, 1.82) is 0 Å². The van der Waals surface area contributed by atoms with E-state index in [9.17, 15) is 13.2 Å². The highest BCUT2D eigenvalue weighted by Crippen LogP contribution is 2.24. The molecule has 136 valence electrons. The van der Waals surface area contributed by atoms with Crippen molar-refractivity contribution < 1.29 is 22.3 Å². The van der Waals surface area contributed by atoms with Crippen LogP contribution in [-0.4, -0.2) is 60.0 Å². The van der Waals surface area contributed by atoms with Crippen molar-refractivity contribution in [2.24, 2.45) is 0 Å². The zero-order chi connectivity index (χ0) is 18.2. The van der Waals surface area contributed by atoms with Gasteiger partial charge in [-0.15, -0.1) is 0 Å². The summed E-state index contributed by atoms with van der Waals surface area (Å²) in [5.41, 5.74) is 0.965. The average molecular weight is 368 g/mol. The Kier molecular flexibility index (Phi) is 4.65. The third-order valence-corrected chi connectivity index (χ3v) is 6.29. The van der Waals surface area contributed by atoms with Crippen LogP contribution in [0.3, 0.4) is 0 Å². The van der Waals surface area contributed by atoms with E-state index in [1.54, 1.807) is 31.7 Å². The number of sulfonamides is 1. The Hall–Kier alpha value is -2.20. The molecule has 1 aliphatic heterocycles. The minimum atomic E-state index is -3.71. The first kappa shape index (κ1) is 17.6. The maximum absolute atomic E-state index is 12.9. The van der Waals surface area contributed by atoms with Crippen molar-refractivity contribution in [3.05, 3.63) is 29.0 Å². The molecule has 0 aromatic carbocycles. The van der Waals surface area contributed by atoms with Gasteiger partial charge in [-0.1, -0.05) is 10.3 Å². The summed E-state index contributed by atoms with van der Waals surface area (Å²) in [5, 5.41) is 7.44. The van der Waals surface area contributed by atoms with Gasteiger partial charge >= 0.3 is 0 Å². The first-order valence-electron chi connectivity index (χ1n) is 7.96. The molecular formula is C15H20N4O5S. The number of rotatable bonds is 3. The highest BCUT2D eigenvalue weighted by atomic mass is 32.2. The Bertz CT molecular complexity index is 866. The molecule has 1 amide bonds. The summed E-state index contributed by atoms with van der Waals surface area (Å²) in [4.78, 5) is 14.2. The molecule has 3 heterocycles. The van der Waals surface area contributed by atoms with Gasteiger partial charge in [0.25, 0.3) is 5.91 Å². The number of nitrogens with zero attached hydrogens (tertiary/aromatic N) is 4. The number of amides is 1. The second kappa shape index (κ2) is 6.60. The van der Waals surface area contributed by atoms with Gasteiger partial charge < -0.3 is 13.9 Å². The summed E-state index contributed by atoms with van der Waals surface area (Å²) in [6.45, 7) is 6.17. The summed E-state index contributed by atoms with van der Waals surface area (Å²) in [7, 11) is -3.71. The molecule has 0 bridgehead atoms. The molecule has 0 atom stereocenters. The van der Waals surface area contributed by atoms with Gasteiger partial charge in [-0.2, -0.15) is 4.31 Å². The van der Waals surface area contributed by atoms with Gasteiger partial charge in [0.15, 0.2) is 5.76 Å². The Morgan fingerprint density at radius 3 is 2.44 bits per heavy atom. The molecule has 1 fully saturated rings. The molecule has 25 heavy (non-hydrogen) atoms. The Morgan fingerprint density at radius 2 is 1.84 bits per heavy atom. The van der Waals surface area contributed by atoms with Crippen molar-refractivity contribution in [2.75, 3.05) is 26.2 Å². The van der Waals surface area contributed by atoms with E-state index in [-0.39, 0.29) is 35.4 Å². The van der Waals surface area contributed by atoms with E-state index in [0.29, 0.717) is 30.9 Å². The second-order valence-corrected chi connectivity index (χ2v) is 7.91. The van der Waals surface area contributed by atoms with Crippen molar-refractivity contribution in [2.45, 2.75) is 32.1 Å². The number of hydrogen-bond acceptors (Lipinski definition) is 7.